The van der Waals surface area contributed by atoms with Crippen molar-refractivity contribution in [1.82, 2.24) is 4.90 Å². The van der Waals surface area contributed by atoms with Crippen LogP contribution in [-0.2, 0) is 40.1 Å². The molecule has 198 valence electrons. The molecule has 2 aromatic rings. The van der Waals surface area contributed by atoms with E-state index in [1.54, 1.807) is 13.0 Å². The minimum atomic E-state index is -0.355. The lowest BCUT2D eigenvalue weighted by molar-refractivity contribution is -0.142. The van der Waals surface area contributed by atoms with Crippen LogP contribution in [0.15, 0.2) is 6.07 Å². The second-order valence-electron chi connectivity index (χ2n) is 10.8. The molecular weight excluding hydrogens is 469 g/mol. The van der Waals surface area contributed by atoms with Crippen molar-refractivity contribution in [1.29, 1.82) is 0 Å². The Balaban J connectivity index is 1.69. The van der Waals surface area contributed by atoms with Gasteiger partial charge in [0.15, 0.2) is 11.6 Å². The first-order valence-corrected chi connectivity index (χ1v) is 13.9. The monoisotopic (exact) mass is 507 g/mol. The van der Waals surface area contributed by atoms with Crippen molar-refractivity contribution in [3.63, 3.8) is 0 Å². The van der Waals surface area contributed by atoms with Crippen molar-refractivity contribution in [3.8, 4) is 16.9 Å². The number of carbonyl (C=O) groups excluding carboxylic acids is 2. The first-order chi connectivity index (χ1) is 17.8. The third kappa shape index (κ3) is 4.64. The van der Waals surface area contributed by atoms with Gasteiger partial charge in [-0.2, -0.15) is 0 Å². The van der Waals surface area contributed by atoms with E-state index in [4.69, 9.17) is 9.47 Å². The highest BCUT2D eigenvalue weighted by Crippen LogP contribution is 2.44. The van der Waals surface area contributed by atoms with E-state index in [9.17, 15) is 9.59 Å². The van der Waals surface area contributed by atoms with Crippen molar-refractivity contribution in [2.24, 2.45) is 0 Å². The van der Waals surface area contributed by atoms with Gasteiger partial charge < -0.3 is 14.4 Å². The fourth-order valence-corrected chi connectivity index (χ4v) is 6.75. The molecule has 0 radical (unpaired) electrons. The summed E-state index contributed by atoms with van der Waals surface area (Å²) < 4.78 is 26.4. The minimum absolute atomic E-state index is 0.0955. The van der Waals surface area contributed by atoms with Gasteiger partial charge in [-0.05, 0) is 104 Å². The maximum absolute atomic E-state index is 15.4. The highest BCUT2D eigenvalue weighted by Gasteiger charge is 2.34. The van der Waals surface area contributed by atoms with Gasteiger partial charge in [0, 0.05) is 18.2 Å². The quantitative estimate of drug-likeness (QED) is 0.461. The molecule has 1 fully saturated rings. The van der Waals surface area contributed by atoms with Crippen molar-refractivity contribution in [2.45, 2.75) is 98.1 Å². The van der Waals surface area contributed by atoms with Crippen molar-refractivity contribution in [3.05, 3.63) is 50.8 Å². The highest BCUT2D eigenvalue weighted by atomic mass is 19.1. The third-order valence-electron chi connectivity index (χ3n) is 8.72. The molecule has 0 spiro atoms. The van der Waals surface area contributed by atoms with Gasteiger partial charge in [-0.15, -0.1) is 0 Å². The largest absolute Gasteiger partial charge is 0.490 e. The van der Waals surface area contributed by atoms with Gasteiger partial charge in [-0.25, -0.2) is 4.39 Å². The van der Waals surface area contributed by atoms with Crippen LogP contribution >= 0.6 is 0 Å². The van der Waals surface area contributed by atoms with Gasteiger partial charge in [0.2, 0.25) is 5.91 Å². The summed E-state index contributed by atoms with van der Waals surface area (Å²) in [4.78, 5) is 28.2. The van der Waals surface area contributed by atoms with E-state index in [1.165, 1.54) is 19.3 Å². The molecule has 6 heteroatoms. The van der Waals surface area contributed by atoms with Crippen LogP contribution in [0.1, 0.15) is 84.4 Å². The van der Waals surface area contributed by atoms with Gasteiger partial charge >= 0.3 is 5.97 Å². The number of benzene rings is 2. The molecule has 2 aliphatic heterocycles. The highest BCUT2D eigenvalue weighted by molar-refractivity contribution is 5.88. The number of hydrogen-bond acceptors (Lipinski definition) is 4. The normalized spacial score (nSPS) is 17.8. The van der Waals surface area contributed by atoms with E-state index in [0.717, 1.165) is 75.8 Å². The van der Waals surface area contributed by atoms with Crippen molar-refractivity contribution < 1.29 is 23.5 Å². The van der Waals surface area contributed by atoms with Gasteiger partial charge in [0.1, 0.15) is 0 Å². The van der Waals surface area contributed by atoms with Crippen LogP contribution < -0.4 is 4.74 Å². The van der Waals surface area contributed by atoms with Crippen molar-refractivity contribution in [2.75, 3.05) is 13.2 Å². The third-order valence-corrected chi connectivity index (χ3v) is 8.72. The second-order valence-corrected chi connectivity index (χ2v) is 10.8. The number of ether oxygens (including phenoxy) is 2. The van der Waals surface area contributed by atoms with Gasteiger partial charge in [-0.3, -0.25) is 9.59 Å². The zero-order valence-electron chi connectivity index (χ0n) is 22.6. The zero-order chi connectivity index (χ0) is 26.3. The summed E-state index contributed by atoms with van der Waals surface area (Å²) in [6, 6.07) is 1.87. The van der Waals surface area contributed by atoms with Gasteiger partial charge in [-0.1, -0.05) is 19.3 Å². The van der Waals surface area contributed by atoms with Crippen molar-refractivity contribution >= 4 is 11.9 Å². The van der Waals surface area contributed by atoms with Crippen LogP contribution in [-0.4, -0.2) is 36.0 Å². The Morgan fingerprint density at radius 1 is 1.05 bits per heavy atom. The molecule has 0 atom stereocenters. The summed E-state index contributed by atoms with van der Waals surface area (Å²) in [7, 11) is 0. The molecule has 0 aromatic heterocycles. The number of nitrogens with zero attached hydrogens (tertiary/aromatic N) is 1. The summed E-state index contributed by atoms with van der Waals surface area (Å²) in [6.07, 6.45) is 7.75. The van der Waals surface area contributed by atoms with E-state index in [1.807, 2.05) is 13.8 Å². The SMILES string of the molecule is CCOC(=O)Cc1c(C)c2c(c(C)c1-c1cc(F)c3c(c1C)CCCO3)CN(C1CCCCC1)C(=O)C2. The molecular formula is C31H38FNO4. The molecule has 37 heavy (non-hydrogen) atoms. The predicted molar refractivity (Wildman–Crippen MR) is 141 cm³/mol. The van der Waals surface area contributed by atoms with E-state index in [0.29, 0.717) is 31.9 Å². The number of fused-ring (bicyclic) bond motifs is 2. The maximum atomic E-state index is 15.4. The van der Waals surface area contributed by atoms with E-state index in [2.05, 4.69) is 11.8 Å². The second kappa shape index (κ2) is 10.5. The average molecular weight is 508 g/mol. The first-order valence-electron chi connectivity index (χ1n) is 13.9. The van der Waals surface area contributed by atoms with E-state index >= 15 is 4.39 Å². The standard InChI is InChI=1S/C31H38FNO4/c1-5-36-29(35)16-25-19(3)23-15-28(34)33(21-10-7-6-8-11-21)17-26(23)20(4)30(25)24-14-27(32)31-22(18(24)2)12-9-13-37-31/h14,21H,5-13,15-17H2,1-4H3. The molecule has 5 nitrogen and oxygen atoms in total. The number of esters is 1. The fraction of sp³-hybridized carbons (Fsp3) is 0.548. The summed E-state index contributed by atoms with van der Waals surface area (Å²) in [6.45, 7) is 9.31. The Morgan fingerprint density at radius 3 is 2.54 bits per heavy atom. The summed E-state index contributed by atoms with van der Waals surface area (Å²) in [5.74, 6) is -0.131. The Kier molecular flexibility index (Phi) is 7.28. The molecule has 1 saturated carbocycles. The van der Waals surface area contributed by atoms with Crippen LogP contribution in [0.4, 0.5) is 4.39 Å². The Morgan fingerprint density at radius 2 is 1.81 bits per heavy atom. The predicted octanol–water partition coefficient (Wildman–Crippen LogP) is 6.07. The van der Waals surface area contributed by atoms with Gasteiger partial charge in [0.05, 0.1) is 26.1 Å². The molecule has 3 aliphatic rings. The van der Waals surface area contributed by atoms with Crippen LogP contribution in [0.25, 0.3) is 11.1 Å². The molecule has 1 aliphatic carbocycles. The molecule has 0 unspecified atom stereocenters. The van der Waals surface area contributed by atoms with E-state index in [-0.39, 0.29) is 30.2 Å². The number of carbonyl (C=O) groups is 2. The lowest BCUT2D eigenvalue weighted by Crippen LogP contribution is -2.45. The molecule has 1 amide bonds. The molecule has 0 saturated heterocycles. The lowest BCUT2D eigenvalue weighted by atomic mass is 9.78. The smallest absolute Gasteiger partial charge is 0.310 e. The molecule has 2 aromatic carbocycles. The number of rotatable bonds is 5. The zero-order valence-corrected chi connectivity index (χ0v) is 22.6. The van der Waals surface area contributed by atoms with E-state index < -0.39 is 0 Å². The maximum Gasteiger partial charge on any atom is 0.310 e. The summed E-state index contributed by atoms with van der Waals surface area (Å²) in [5.41, 5.74) is 8.64. The average Bonchev–Trinajstić information content (AvgIpc) is 2.90. The van der Waals surface area contributed by atoms with Gasteiger partial charge in [0.25, 0.3) is 0 Å². The Hall–Kier alpha value is -2.89. The number of halogens is 1. The molecule has 5 rings (SSSR count). The lowest BCUT2D eigenvalue weighted by Gasteiger charge is -2.39. The Bertz CT molecular complexity index is 1240. The molecule has 2 heterocycles. The summed E-state index contributed by atoms with van der Waals surface area (Å²) in [5, 5.41) is 0. The van der Waals surface area contributed by atoms with Crippen LogP contribution in [0.3, 0.4) is 0 Å². The first kappa shape index (κ1) is 25.7. The fourth-order valence-electron chi connectivity index (χ4n) is 6.75. The molecule has 0 bridgehead atoms. The van der Waals surface area contributed by atoms with Crippen LogP contribution in [0.2, 0.25) is 0 Å². The Labute approximate surface area is 219 Å². The number of amides is 1. The summed E-state index contributed by atoms with van der Waals surface area (Å²) >= 11 is 0. The van der Waals surface area contributed by atoms with Crippen LogP contribution in [0, 0.1) is 26.6 Å². The minimum Gasteiger partial charge on any atom is -0.490 e. The topological polar surface area (TPSA) is 55.8 Å². The number of hydrogen-bond donors (Lipinski definition) is 0. The van der Waals surface area contributed by atoms with Crippen LogP contribution in [0.5, 0.6) is 5.75 Å². The molecule has 0 N–H and O–H groups in total.